The Balaban J connectivity index is 1.56. The van der Waals surface area contributed by atoms with Crippen LogP contribution in [0.3, 0.4) is 0 Å². The molecule has 3 aliphatic carbocycles. The molecular formula is C36H31NO6. The molecule has 1 saturated heterocycles. The zero-order chi connectivity index (χ0) is 30.0. The maximum Gasteiger partial charge on any atom is 0.233 e. The first-order chi connectivity index (χ1) is 20.8. The van der Waals surface area contributed by atoms with Gasteiger partial charge in [0.2, 0.25) is 11.8 Å². The Hall–Kier alpha value is -4.78. The number of ketones is 2. The quantitative estimate of drug-likeness (QED) is 0.354. The molecular weight excluding hydrogens is 542 g/mol. The first-order valence-electron chi connectivity index (χ1n) is 14.6. The lowest BCUT2D eigenvalue weighted by atomic mass is 9.44. The third-order valence-corrected chi connectivity index (χ3v) is 10.1. The summed E-state index contributed by atoms with van der Waals surface area (Å²) >= 11 is 0. The topological polar surface area (TPSA) is 101 Å². The number of carbonyl (C=O) groups excluding carboxylic acids is 4. The van der Waals surface area contributed by atoms with E-state index in [2.05, 4.69) is 0 Å². The number of methoxy groups -OCH3 is 1. The van der Waals surface area contributed by atoms with Crippen molar-refractivity contribution in [3.63, 3.8) is 0 Å². The van der Waals surface area contributed by atoms with Crippen LogP contribution in [-0.4, -0.2) is 47.5 Å². The Kier molecular flexibility index (Phi) is 6.24. The smallest absolute Gasteiger partial charge is 0.233 e. The van der Waals surface area contributed by atoms with Gasteiger partial charge in [0.05, 0.1) is 24.4 Å². The van der Waals surface area contributed by atoms with Gasteiger partial charge in [0.15, 0.2) is 11.6 Å². The fourth-order valence-electron chi connectivity index (χ4n) is 8.35. The number of amides is 2. The number of imide groups is 1. The third-order valence-electron chi connectivity index (χ3n) is 10.1. The molecule has 0 spiro atoms. The number of aromatic hydroxyl groups is 1. The molecule has 7 heteroatoms. The van der Waals surface area contributed by atoms with Gasteiger partial charge in [-0.05, 0) is 48.1 Å². The summed E-state index contributed by atoms with van der Waals surface area (Å²) in [6.07, 6.45) is 3.99. The van der Waals surface area contributed by atoms with Gasteiger partial charge < -0.3 is 9.84 Å². The molecule has 7 nitrogen and oxygen atoms in total. The van der Waals surface area contributed by atoms with Gasteiger partial charge >= 0.3 is 0 Å². The average molecular weight is 574 g/mol. The molecule has 6 unspecified atom stereocenters. The van der Waals surface area contributed by atoms with E-state index in [9.17, 15) is 24.3 Å². The van der Waals surface area contributed by atoms with E-state index in [1.165, 1.54) is 25.1 Å². The Morgan fingerprint density at radius 2 is 1.56 bits per heavy atom. The predicted molar refractivity (Wildman–Crippen MR) is 159 cm³/mol. The molecule has 2 amide bonds. The maximum absolute atomic E-state index is 14.9. The van der Waals surface area contributed by atoms with Crippen LogP contribution < -0.4 is 4.74 Å². The van der Waals surface area contributed by atoms with E-state index in [-0.39, 0.29) is 35.6 Å². The van der Waals surface area contributed by atoms with Crippen molar-refractivity contribution in [2.45, 2.75) is 24.2 Å². The lowest BCUT2D eigenvalue weighted by Crippen LogP contribution is -2.58. The number of rotatable bonds is 4. The summed E-state index contributed by atoms with van der Waals surface area (Å²) in [4.78, 5) is 57.7. The van der Waals surface area contributed by atoms with Gasteiger partial charge in [-0.2, -0.15) is 0 Å². The number of fused-ring (bicyclic) bond motifs is 4. The minimum Gasteiger partial charge on any atom is -0.508 e. The molecule has 1 aliphatic heterocycles. The number of phenols is 1. The number of likely N-dealkylation sites (tertiary alicyclic amines) is 1. The summed E-state index contributed by atoms with van der Waals surface area (Å²) in [5.41, 5.74) is 1.40. The largest absolute Gasteiger partial charge is 0.508 e. The fourth-order valence-corrected chi connectivity index (χ4v) is 8.35. The summed E-state index contributed by atoms with van der Waals surface area (Å²) in [5.74, 6) is -3.97. The van der Waals surface area contributed by atoms with Gasteiger partial charge in [-0.15, -0.1) is 0 Å². The van der Waals surface area contributed by atoms with Crippen LogP contribution in [0.1, 0.15) is 35.4 Å². The molecule has 1 heterocycles. The molecule has 3 aromatic rings. The maximum atomic E-state index is 14.9. The Bertz CT molecular complexity index is 1740. The van der Waals surface area contributed by atoms with E-state index in [4.69, 9.17) is 4.74 Å². The zero-order valence-electron chi connectivity index (χ0n) is 23.9. The Morgan fingerprint density at radius 3 is 2.26 bits per heavy atom. The summed E-state index contributed by atoms with van der Waals surface area (Å²) in [6, 6.07) is 23.4. The van der Waals surface area contributed by atoms with Crippen LogP contribution in [-0.2, 0) is 24.6 Å². The second kappa shape index (κ2) is 9.90. The molecule has 0 bridgehead atoms. The van der Waals surface area contributed by atoms with Crippen LogP contribution >= 0.6 is 0 Å². The molecule has 43 heavy (non-hydrogen) atoms. The number of allylic oxidation sites excluding steroid dienone is 4. The van der Waals surface area contributed by atoms with Gasteiger partial charge in [-0.1, -0.05) is 78.4 Å². The zero-order valence-corrected chi connectivity index (χ0v) is 23.9. The summed E-state index contributed by atoms with van der Waals surface area (Å²) < 4.78 is 5.79. The van der Waals surface area contributed by atoms with Gasteiger partial charge in [0.1, 0.15) is 11.5 Å². The highest BCUT2D eigenvalue weighted by molar-refractivity contribution is 6.31. The molecule has 1 N–H and O–H groups in total. The molecule has 0 aromatic heterocycles. The van der Waals surface area contributed by atoms with Crippen molar-refractivity contribution in [1.82, 2.24) is 4.90 Å². The summed E-state index contributed by atoms with van der Waals surface area (Å²) in [6.45, 7) is 0. The first kappa shape index (κ1) is 27.1. The fraction of sp³-hybridized carbons (Fsp3) is 0.278. The number of hydrogen-bond donors (Lipinski definition) is 1. The molecule has 3 aromatic carbocycles. The summed E-state index contributed by atoms with van der Waals surface area (Å²) in [7, 11) is 3.01. The van der Waals surface area contributed by atoms with Crippen molar-refractivity contribution in [3.8, 4) is 11.5 Å². The van der Waals surface area contributed by atoms with Crippen molar-refractivity contribution in [3.05, 3.63) is 113 Å². The number of hydrogen-bond acceptors (Lipinski definition) is 6. The van der Waals surface area contributed by atoms with Crippen molar-refractivity contribution in [1.29, 1.82) is 0 Å². The SMILES string of the molecule is COc1cccc(O)c1C1C2=CCC3C(=O)N(C)C(=O)C3C2CC2C(=O)C(c3ccccc3)=CC(=O)C21c1ccccc1. The number of phenolic OH excluding ortho intramolecular Hbond substituents is 1. The normalized spacial score (nSPS) is 29.8. The number of nitrogens with zero attached hydrogens (tertiary/aromatic N) is 1. The van der Waals surface area contributed by atoms with Crippen molar-refractivity contribution < 1.29 is 29.0 Å². The van der Waals surface area contributed by atoms with E-state index >= 15 is 0 Å². The van der Waals surface area contributed by atoms with Crippen LogP contribution in [0.15, 0.2) is 96.6 Å². The lowest BCUT2D eigenvalue weighted by Gasteiger charge is -2.55. The minimum atomic E-state index is -1.42. The number of ether oxygens (including phenoxy) is 1. The van der Waals surface area contributed by atoms with E-state index in [1.54, 1.807) is 18.2 Å². The average Bonchev–Trinajstić information content (AvgIpc) is 3.26. The highest BCUT2D eigenvalue weighted by Crippen LogP contribution is 2.65. The van der Waals surface area contributed by atoms with Crippen LogP contribution in [0.2, 0.25) is 0 Å². The van der Waals surface area contributed by atoms with Crippen LogP contribution in [0.4, 0.5) is 0 Å². The van der Waals surface area contributed by atoms with Gasteiger partial charge in [-0.3, -0.25) is 24.1 Å². The van der Waals surface area contributed by atoms with Crippen LogP contribution in [0.5, 0.6) is 11.5 Å². The molecule has 2 fully saturated rings. The number of benzene rings is 3. The minimum absolute atomic E-state index is 0.0638. The second-order valence-electron chi connectivity index (χ2n) is 11.9. The molecule has 4 aliphatic rings. The van der Waals surface area contributed by atoms with Crippen molar-refractivity contribution >= 4 is 29.0 Å². The van der Waals surface area contributed by atoms with Crippen LogP contribution in [0, 0.1) is 23.7 Å². The van der Waals surface area contributed by atoms with Crippen molar-refractivity contribution in [2.24, 2.45) is 23.7 Å². The second-order valence-corrected chi connectivity index (χ2v) is 11.9. The third kappa shape index (κ3) is 3.67. The molecule has 216 valence electrons. The van der Waals surface area contributed by atoms with E-state index in [0.717, 1.165) is 5.57 Å². The lowest BCUT2D eigenvalue weighted by molar-refractivity contribution is -0.139. The van der Waals surface area contributed by atoms with E-state index < -0.39 is 35.0 Å². The molecule has 0 radical (unpaired) electrons. The highest BCUT2D eigenvalue weighted by atomic mass is 16.5. The summed E-state index contributed by atoms with van der Waals surface area (Å²) in [5, 5.41) is 11.5. The number of Topliss-reactive ketones (excluding diaryl/α,β-unsaturated/α-hetero) is 1. The predicted octanol–water partition coefficient (Wildman–Crippen LogP) is 4.86. The Morgan fingerprint density at radius 1 is 0.860 bits per heavy atom. The molecule has 1 saturated carbocycles. The van der Waals surface area contributed by atoms with E-state index in [0.29, 0.717) is 34.4 Å². The highest BCUT2D eigenvalue weighted by Gasteiger charge is 2.66. The standard InChI is InChI=1S/C36H31NO6/c1-37-34(41)23-17-16-22-25(30(23)35(37)42)18-26-33(40)24(20-10-5-3-6-11-20)19-29(39)36(26,21-12-7-4-8-13-21)32(22)31-27(38)14-9-15-28(31)43-2/h3-16,19,23,25-26,30,32,38H,17-18H2,1-2H3. The first-order valence-corrected chi connectivity index (χ1v) is 14.6. The molecule has 6 atom stereocenters. The van der Waals surface area contributed by atoms with Crippen molar-refractivity contribution in [2.75, 3.05) is 14.2 Å². The van der Waals surface area contributed by atoms with Gasteiger partial charge in [-0.25, -0.2) is 0 Å². The Labute approximate surface area is 249 Å². The monoisotopic (exact) mass is 573 g/mol. The molecule has 7 rings (SSSR count). The van der Waals surface area contributed by atoms with E-state index in [1.807, 2.05) is 66.7 Å². The number of carbonyl (C=O) groups is 4. The van der Waals surface area contributed by atoms with Crippen LogP contribution in [0.25, 0.3) is 5.57 Å². The van der Waals surface area contributed by atoms with Gasteiger partial charge in [0, 0.05) is 30.0 Å². The van der Waals surface area contributed by atoms with Gasteiger partial charge in [0.25, 0.3) is 0 Å².